The molecular weight excluding hydrogens is 318 g/mol. The van der Waals surface area contributed by atoms with Crippen molar-refractivity contribution in [2.75, 3.05) is 11.5 Å². The van der Waals surface area contributed by atoms with E-state index < -0.39 is 16.0 Å². The molecule has 2 aromatic rings. The maximum absolute atomic E-state index is 12.2. The molecule has 1 aromatic heterocycles. The maximum atomic E-state index is 12.2. The molecule has 0 radical (unpaired) electrons. The molecule has 9 heteroatoms. The number of sulfonamides is 1. The van der Waals surface area contributed by atoms with E-state index in [2.05, 4.69) is 4.72 Å². The molecule has 0 spiro atoms. The Morgan fingerprint density at radius 3 is 2.76 bits per heavy atom. The number of hydrogen-bond donors (Lipinski definition) is 2. The van der Waals surface area contributed by atoms with Gasteiger partial charge in [-0.3, -0.25) is 4.72 Å². The molecule has 0 unspecified atom stereocenters. The van der Waals surface area contributed by atoms with E-state index >= 15 is 0 Å². The van der Waals surface area contributed by atoms with Crippen LogP contribution < -0.4 is 14.2 Å². The van der Waals surface area contributed by atoms with Gasteiger partial charge in [-0.2, -0.15) is 0 Å². The predicted octanol–water partition coefficient (Wildman–Crippen LogP) is 1.98. The summed E-state index contributed by atoms with van der Waals surface area (Å²) < 4.78 is 37.1. The molecule has 1 aliphatic rings. The van der Waals surface area contributed by atoms with Gasteiger partial charge in [-0.15, -0.1) is 11.3 Å². The second-order valence-electron chi connectivity index (χ2n) is 4.09. The summed E-state index contributed by atoms with van der Waals surface area (Å²) in [6.07, 6.45) is 0. The lowest BCUT2D eigenvalue weighted by Crippen LogP contribution is -2.15. The Balaban J connectivity index is 1.93. The summed E-state index contributed by atoms with van der Waals surface area (Å²) in [7, 11) is -3.98. The van der Waals surface area contributed by atoms with Gasteiger partial charge in [-0.25, -0.2) is 13.2 Å². The topological polar surface area (TPSA) is 102 Å². The number of hydrogen-bond acceptors (Lipinski definition) is 6. The smallest absolute Gasteiger partial charge is 0.347 e. The first kappa shape index (κ1) is 13.7. The molecule has 1 aromatic carbocycles. The van der Waals surface area contributed by atoms with Gasteiger partial charge in [0.1, 0.15) is 9.77 Å². The van der Waals surface area contributed by atoms with E-state index in [4.69, 9.17) is 14.6 Å². The Bertz CT molecular complexity index is 811. The molecule has 2 heterocycles. The molecular formula is C12H9NO6S2. The van der Waals surface area contributed by atoms with Gasteiger partial charge in [0.05, 0.1) is 5.69 Å². The number of carboxylic acid groups (broad SMARTS) is 1. The van der Waals surface area contributed by atoms with Crippen LogP contribution in [0, 0.1) is 0 Å². The summed E-state index contributed by atoms with van der Waals surface area (Å²) in [5.41, 5.74) is 0.266. The van der Waals surface area contributed by atoms with Crippen LogP contribution in [0.4, 0.5) is 5.69 Å². The Hall–Kier alpha value is -2.26. The summed E-state index contributed by atoms with van der Waals surface area (Å²) in [5.74, 6) is -0.324. The van der Waals surface area contributed by atoms with Crippen LogP contribution in [0.25, 0.3) is 0 Å². The van der Waals surface area contributed by atoms with Crippen LogP contribution in [0.3, 0.4) is 0 Å². The summed E-state index contributed by atoms with van der Waals surface area (Å²) in [5, 5.41) is 10.4. The summed E-state index contributed by atoms with van der Waals surface area (Å²) in [6, 6.07) is 5.82. The lowest BCUT2D eigenvalue weighted by molar-refractivity contribution is 0.0698. The number of anilines is 1. The minimum atomic E-state index is -3.98. The monoisotopic (exact) mass is 327 g/mol. The molecule has 0 atom stereocenters. The Morgan fingerprint density at radius 1 is 1.24 bits per heavy atom. The van der Waals surface area contributed by atoms with Gasteiger partial charge in [0, 0.05) is 6.07 Å². The van der Waals surface area contributed by atoms with Crippen molar-refractivity contribution in [3.05, 3.63) is 34.5 Å². The average Bonchev–Trinajstić information content (AvgIpc) is 3.06. The number of carboxylic acids is 1. The van der Waals surface area contributed by atoms with E-state index in [-0.39, 0.29) is 22.3 Å². The summed E-state index contributed by atoms with van der Waals surface area (Å²) in [4.78, 5) is 10.5. The van der Waals surface area contributed by atoms with Crippen molar-refractivity contribution in [1.29, 1.82) is 0 Å². The lowest BCUT2D eigenvalue weighted by atomic mass is 10.3. The number of fused-ring (bicyclic) bond motifs is 1. The first-order chi connectivity index (χ1) is 9.97. The zero-order valence-corrected chi connectivity index (χ0v) is 12.0. The highest BCUT2D eigenvalue weighted by molar-refractivity contribution is 7.93. The molecule has 110 valence electrons. The van der Waals surface area contributed by atoms with Gasteiger partial charge in [0.25, 0.3) is 10.0 Å². The molecule has 0 saturated heterocycles. The largest absolute Gasteiger partial charge is 0.477 e. The fourth-order valence-electron chi connectivity index (χ4n) is 1.84. The standard InChI is InChI=1S/C12H9NO6S2/c14-12(15)11-10(3-4-20-11)21(16,17)13-7-1-2-8-9(5-7)19-6-18-8/h1-5,13H,6H2,(H,14,15). The highest BCUT2D eigenvalue weighted by atomic mass is 32.2. The zero-order valence-electron chi connectivity index (χ0n) is 10.4. The van der Waals surface area contributed by atoms with Gasteiger partial charge in [-0.1, -0.05) is 0 Å². The second kappa shape index (κ2) is 4.93. The van der Waals surface area contributed by atoms with Crippen LogP contribution in [-0.4, -0.2) is 26.3 Å². The molecule has 0 fully saturated rings. The summed E-state index contributed by atoms with van der Waals surface area (Å²) >= 11 is 0.852. The number of nitrogens with one attached hydrogen (secondary N) is 1. The fourth-order valence-corrected chi connectivity index (χ4v) is 4.15. The average molecular weight is 327 g/mol. The third-order valence-corrected chi connectivity index (χ3v) is 5.19. The molecule has 7 nitrogen and oxygen atoms in total. The van der Waals surface area contributed by atoms with Crippen molar-refractivity contribution in [2.45, 2.75) is 4.90 Å². The molecule has 0 aliphatic carbocycles. The molecule has 0 bridgehead atoms. The third-order valence-electron chi connectivity index (χ3n) is 2.74. The van der Waals surface area contributed by atoms with Crippen molar-refractivity contribution >= 4 is 33.0 Å². The van der Waals surface area contributed by atoms with Crippen molar-refractivity contribution in [3.8, 4) is 11.5 Å². The molecule has 0 amide bonds. The highest BCUT2D eigenvalue weighted by Gasteiger charge is 2.24. The molecule has 2 N–H and O–H groups in total. The van der Waals surface area contributed by atoms with Crippen LogP contribution in [0.15, 0.2) is 34.5 Å². The van der Waals surface area contributed by atoms with Crippen LogP contribution in [0.5, 0.6) is 11.5 Å². The Kier molecular flexibility index (Phi) is 3.22. The minimum absolute atomic E-state index is 0.0826. The zero-order chi connectivity index (χ0) is 15.0. The SMILES string of the molecule is O=C(O)c1sccc1S(=O)(=O)Nc1ccc2c(c1)OCO2. The van der Waals surface area contributed by atoms with Crippen LogP contribution in [-0.2, 0) is 10.0 Å². The number of aromatic carboxylic acids is 1. The first-order valence-corrected chi connectivity index (χ1v) is 8.07. The second-order valence-corrected chi connectivity index (χ2v) is 6.66. The van der Waals surface area contributed by atoms with E-state index in [1.165, 1.54) is 23.6 Å². The maximum Gasteiger partial charge on any atom is 0.347 e. The normalized spacial score (nSPS) is 13.1. The predicted molar refractivity (Wildman–Crippen MR) is 74.7 cm³/mol. The van der Waals surface area contributed by atoms with Crippen molar-refractivity contribution in [2.24, 2.45) is 0 Å². The van der Waals surface area contributed by atoms with Crippen molar-refractivity contribution < 1.29 is 27.8 Å². The van der Waals surface area contributed by atoms with E-state index in [0.29, 0.717) is 11.5 Å². The van der Waals surface area contributed by atoms with Gasteiger partial charge < -0.3 is 14.6 Å². The van der Waals surface area contributed by atoms with E-state index in [9.17, 15) is 13.2 Å². The van der Waals surface area contributed by atoms with Crippen LogP contribution in [0.1, 0.15) is 9.67 Å². The van der Waals surface area contributed by atoms with Crippen LogP contribution >= 0.6 is 11.3 Å². The highest BCUT2D eigenvalue weighted by Crippen LogP contribution is 2.35. The van der Waals surface area contributed by atoms with Gasteiger partial charge >= 0.3 is 5.97 Å². The molecule has 3 rings (SSSR count). The number of thiophene rings is 1. The lowest BCUT2D eigenvalue weighted by Gasteiger charge is -2.08. The Labute approximate surface area is 123 Å². The molecule has 21 heavy (non-hydrogen) atoms. The van der Waals surface area contributed by atoms with Gasteiger partial charge in [0.15, 0.2) is 11.5 Å². The fraction of sp³-hybridized carbons (Fsp3) is 0.0833. The number of ether oxygens (including phenoxy) is 2. The minimum Gasteiger partial charge on any atom is -0.477 e. The first-order valence-electron chi connectivity index (χ1n) is 5.70. The molecule has 0 saturated carbocycles. The third kappa shape index (κ3) is 2.52. The van der Waals surface area contributed by atoms with Crippen LogP contribution in [0.2, 0.25) is 0 Å². The number of carbonyl (C=O) groups is 1. The van der Waals surface area contributed by atoms with Crippen molar-refractivity contribution in [3.63, 3.8) is 0 Å². The van der Waals surface area contributed by atoms with E-state index in [1.807, 2.05) is 0 Å². The Morgan fingerprint density at radius 2 is 2.00 bits per heavy atom. The molecule has 1 aliphatic heterocycles. The van der Waals surface area contributed by atoms with Gasteiger partial charge in [0.2, 0.25) is 6.79 Å². The van der Waals surface area contributed by atoms with Crippen molar-refractivity contribution in [1.82, 2.24) is 0 Å². The number of benzene rings is 1. The van der Waals surface area contributed by atoms with E-state index in [0.717, 1.165) is 11.3 Å². The van der Waals surface area contributed by atoms with E-state index in [1.54, 1.807) is 6.07 Å². The van der Waals surface area contributed by atoms with Gasteiger partial charge in [-0.05, 0) is 23.6 Å². The number of rotatable bonds is 4. The quantitative estimate of drug-likeness (QED) is 0.890. The summed E-state index contributed by atoms with van der Waals surface area (Å²) in [6.45, 7) is 0.0826.